The Morgan fingerprint density at radius 1 is 1.36 bits per heavy atom. The van der Waals surface area contributed by atoms with Crippen LogP contribution in [0.5, 0.6) is 11.5 Å². The number of amides is 1. The number of likely N-dealkylation sites (N-methyl/N-ethyl adjacent to an activating group) is 1. The zero-order valence-corrected chi connectivity index (χ0v) is 20.5. The summed E-state index contributed by atoms with van der Waals surface area (Å²) in [7, 11) is 1.61. The summed E-state index contributed by atoms with van der Waals surface area (Å²) in [5.41, 5.74) is 2.13. The number of methoxy groups -OCH3 is 1. The second kappa shape index (κ2) is 9.37. The van der Waals surface area contributed by atoms with Crippen LogP contribution in [-0.4, -0.2) is 49.2 Å². The van der Waals surface area contributed by atoms with Gasteiger partial charge < -0.3 is 19.2 Å². The molecule has 1 N–H and O–H groups in total. The molecule has 1 aromatic carbocycles. The van der Waals surface area contributed by atoms with Crippen molar-refractivity contribution in [3.05, 3.63) is 33.2 Å². The lowest BCUT2D eigenvalue weighted by molar-refractivity contribution is -0.121. The Labute approximate surface area is 195 Å². The summed E-state index contributed by atoms with van der Waals surface area (Å²) in [5, 5.41) is 3.84. The molecule has 1 fully saturated rings. The van der Waals surface area contributed by atoms with Gasteiger partial charge in [0.1, 0.15) is 22.7 Å². The fourth-order valence-electron chi connectivity index (χ4n) is 5.23. The number of nitrogens with one attached hydrogen (secondary N) is 1. The minimum atomic E-state index is -0.388. The number of carbonyl (C=O) groups excluding carboxylic acids is 1. The molecular weight excluding hydrogens is 420 g/mol. The van der Waals surface area contributed by atoms with Gasteiger partial charge in [0.05, 0.1) is 12.5 Å². The molecule has 2 aliphatic rings. The lowest BCUT2D eigenvalue weighted by Gasteiger charge is -2.33. The third-order valence-corrected chi connectivity index (χ3v) is 7.20. The number of rotatable bonds is 7. The molecule has 7 nitrogen and oxygen atoms in total. The third-order valence-electron chi connectivity index (χ3n) is 7.20. The summed E-state index contributed by atoms with van der Waals surface area (Å²) < 4.78 is 17.6. The van der Waals surface area contributed by atoms with Crippen molar-refractivity contribution in [2.75, 3.05) is 26.7 Å². The van der Waals surface area contributed by atoms with Crippen LogP contribution in [0.3, 0.4) is 0 Å². The van der Waals surface area contributed by atoms with E-state index in [9.17, 15) is 9.59 Å². The average Bonchev–Trinajstić information content (AvgIpc) is 3.23. The first-order valence-electron chi connectivity index (χ1n) is 12.1. The molecule has 2 aliphatic heterocycles. The van der Waals surface area contributed by atoms with Gasteiger partial charge in [-0.2, -0.15) is 0 Å². The van der Waals surface area contributed by atoms with Crippen LogP contribution in [0.4, 0.5) is 0 Å². The molecule has 180 valence electrons. The van der Waals surface area contributed by atoms with Crippen molar-refractivity contribution in [1.82, 2.24) is 10.2 Å². The second-order valence-corrected chi connectivity index (χ2v) is 9.84. The van der Waals surface area contributed by atoms with Crippen LogP contribution in [0.15, 0.2) is 15.3 Å². The van der Waals surface area contributed by atoms with Crippen molar-refractivity contribution in [2.45, 2.75) is 77.9 Å². The van der Waals surface area contributed by atoms with E-state index in [0.29, 0.717) is 41.7 Å². The molecule has 3 heterocycles. The van der Waals surface area contributed by atoms with Gasteiger partial charge in [0.25, 0.3) is 0 Å². The van der Waals surface area contributed by atoms with Crippen molar-refractivity contribution >= 4 is 16.9 Å². The number of fused-ring (bicyclic) bond motifs is 3. The Morgan fingerprint density at radius 3 is 2.88 bits per heavy atom. The van der Waals surface area contributed by atoms with Gasteiger partial charge in [-0.1, -0.05) is 6.92 Å². The Hall–Kier alpha value is -2.54. The first-order chi connectivity index (χ1) is 15.7. The van der Waals surface area contributed by atoms with E-state index in [1.165, 1.54) is 6.42 Å². The van der Waals surface area contributed by atoms with E-state index in [-0.39, 0.29) is 23.6 Å². The number of carbonyl (C=O) groups is 1. The highest BCUT2D eigenvalue weighted by Gasteiger charge is 2.31. The Kier molecular flexibility index (Phi) is 6.71. The van der Waals surface area contributed by atoms with Crippen molar-refractivity contribution in [1.29, 1.82) is 0 Å². The smallest absolute Gasteiger partial charge is 0.339 e. The molecule has 0 bridgehead atoms. The largest absolute Gasteiger partial charge is 0.496 e. The number of benzene rings is 1. The van der Waals surface area contributed by atoms with E-state index in [1.54, 1.807) is 7.11 Å². The average molecular weight is 457 g/mol. The van der Waals surface area contributed by atoms with E-state index in [0.717, 1.165) is 48.9 Å². The molecule has 33 heavy (non-hydrogen) atoms. The molecule has 2 aromatic rings. The predicted octanol–water partition coefficient (Wildman–Crippen LogP) is 3.75. The second-order valence-electron chi connectivity index (χ2n) is 9.84. The summed E-state index contributed by atoms with van der Waals surface area (Å²) in [6.07, 6.45) is 4.49. The number of hydrogen-bond donors (Lipinski definition) is 1. The number of likely N-dealkylation sites (tertiary alicyclic amines) is 1. The SMILES string of the molecule is CCN1CCC[C@@H]1CNC(=O)CCc1c(C)c2c(OC)cc3c(c2oc1=O)CCC(C)(C)O3. The summed E-state index contributed by atoms with van der Waals surface area (Å²) in [5.74, 6) is 1.29. The van der Waals surface area contributed by atoms with Crippen molar-refractivity contribution < 1.29 is 18.7 Å². The number of nitrogens with zero attached hydrogens (tertiary/aromatic N) is 1. The summed E-state index contributed by atoms with van der Waals surface area (Å²) >= 11 is 0. The van der Waals surface area contributed by atoms with Gasteiger partial charge in [-0.3, -0.25) is 9.69 Å². The van der Waals surface area contributed by atoms with Crippen LogP contribution in [-0.2, 0) is 17.6 Å². The fraction of sp³-hybridized carbons (Fsp3) is 0.615. The molecule has 1 amide bonds. The topological polar surface area (TPSA) is 81.0 Å². The number of hydrogen-bond acceptors (Lipinski definition) is 6. The third kappa shape index (κ3) is 4.74. The number of aryl methyl sites for hydroxylation is 2. The maximum Gasteiger partial charge on any atom is 0.339 e. The minimum absolute atomic E-state index is 0.0371. The highest BCUT2D eigenvalue weighted by atomic mass is 16.5. The standard InChI is InChI=1S/C26H36N2O5/c1-6-28-13-7-8-17(28)15-27-22(29)10-9-18-16(2)23-21(31-5)14-20-19(24(23)32-25(18)30)11-12-26(3,4)33-20/h14,17H,6-13,15H2,1-5H3,(H,27,29)/t17-/m1/s1. The summed E-state index contributed by atoms with van der Waals surface area (Å²) in [6, 6.07) is 2.30. The molecule has 0 saturated carbocycles. The van der Waals surface area contributed by atoms with E-state index < -0.39 is 0 Å². The van der Waals surface area contributed by atoms with E-state index in [2.05, 4.69) is 31.0 Å². The maximum atomic E-state index is 12.9. The summed E-state index contributed by atoms with van der Waals surface area (Å²) in [4.78, 5) is 27.9. The van der Waals surface area contributed by atoms with Gasteiger partial charge in [0, 0.05) is 36.2 Å². The van der Waals surface area contributed by atoms with Crippen LogP contribution >= 0.6 is 0 Å². The van der Waals surface area contributed by atoms with Gasteiger partial charge >= 0.3 is 5.63 Å². The van der Waals surface area contributed by atoms with Gasteiger partial charge in [-0.15, -0.1) is 0 Å². The van der Waals surface area contributed by atoms with Crippen LogP contribution in [0.2, 0.25) is 0 Å². The van der Waals surface area contributed by atoms with Crippen molar-refractivity contribution in [2.24, 2.45) is 0 Å². The van der Waals surface area contributed by atoms with Crippen molar-refractivity contribution in [3.63, 3.8) is 0 Å². The molecule has 0 radical (unpaired) electrons. The fourth-order valence-corrected chi connectivity index (χ4v) is 5.23. The van der Waals surface area contributed by atoms with Crippen LogP contribution in [0.1, 0.15) is 63.1 Å². The highest BCUT2D eigenvalue weighted by molar-refractivity contribution is 5.92. The molecule has 0 spiro atoms. The molecule has 1 saturated heterocycles. The van der Waals surface area contributed by atoms with E-state index in [4.69, 9.17) is 13.9 Å². The predicted molar refractivity (Wildman–Crippen MR) is 128 cm³/mol. The minimum Gasteiger partial charge on any atom is -0.496 e. The first kappa shape index (κ1) is 23.6. The zero-order valence-electron chi connectivity index (χ0n) is 20.5. The van der Waals surface area contributed by atoms with Crippen LogP contribution in [0, 0.1) is 6.92 Å². The molecule has 1 atom stereocenters. The quantitative estimate of drug-likeness (QED) is 0.639. The van der Waals surface area contributed by atoms with Gasteiger partial charge in [0.15, 0.2) is 0 Å². The van der Waals surface area contributed by atoms with Gasteiger partial charge in [-0.05, 0) is 71.5 Å². The number of ether oxygens (including phenoxy) is 2. The Bertz CT molecular complexity index is 1100. The van der Waals surface area contributed by atoms with Crippen LogP contribution in [0.25, 0.3) is 11.0 Å². The maximum absolute atomic E-state index is 12.9. The Balaban J connectivity index is 1.55. The molecule has 0 aliphatic carbocycles. The first-order valence-corrected chi connectivity index (χ1v) is 12.1. The van der Waals surface area contributed by atoms with Gasteiger partial charge in [0.2, 0.25) is 5.91 Å². The normalized spacial score (nSPS) is 19.8. The molecule has 1 aromatic heterocycles. The molecule has 7 heteroatoms. The van der Waals surface area contributed by atoms with E-state index >= 15 is 0 Å². The molecule has 0 unspecified atom stereocenters. The summed E-state index contributed by atoms with van der Waals surface area (Å²) in [6.45, 7) is 10.9. The monoisotopic (exact) mass is 456 g/mol. The Morgan fingerprint density at radius 2 is 2.15 bits per heavy atom. The van der Waals surface area contributed by atoms with E-state index in [1.807, 2.05) is 13.0 Å². The molecular formula is C26H36N2O5. The molecule has 4 rings (SSSR count). The zero-order chi connectivity index (χ0) is 23.8. The lowest BCUT2D eigenvalue weighted by Crippen LogP contribution is -2.40. The lowest BCUT2D eigenvalue weighted by atomic mass is 9.91. The van der Waals surface area contributed by atoms with Crippen molar-refractivity contribution in [3.8, 4) is 11.5 Å². The highest BCUT2D eigenvalue weighted by Crippen LogP contribution is 2.43. The van der Waals surface area contributed by atoms with Crippen LogP contribution < -0.4 is 20.4 Å². The van der Waals surface area contributed by atoms with Gasteiger partial charge in [-0.25, -0.2) is 4.79 Å².